The highest BCUT2D eigenvalue weighted by atomic mass is 16.6. The highest BCUT2D eigenvalue weighted by molar-refractivity contribution is 5.98. The lowest BCUT2D eigenvalue weighted by atomic mass is 10.1. The molecule has 0 atom stereocenters. The number of hydrogen-bond acceptors (Lipinski definition) is 6. The molecule has 0 bridgehead atoms. The fourth-order valence-corrected chi connectivity index (χ4v) is 3.31. The zero-order valence-electron chi connectivity index (χ0n) is 16.7. The van der Waals surface area contributed by atoms with Crippen LogP contribution in [-0.4, -0.2) is 25.5 Å². The number of non-ortho nitro benzene ring substituents is 1. The minimum atomic E-state index is -0.590. The molecule has 31 heavy (non-hydrogen) atoms. The van der Waals surface area contributed by atoms with Gasteiger partial charge in [-0.15, -0.1) is 10.2 Å². The van der Waals surface area contributed by atoms with Crippen molar-refractivity contribution in [3.05, 3.63) is 82.0 Å². The lowest BCUT2D eigenvalue weighted by molar-refractivity contribution is -0.384. The number of hydrogen-bond donors (Lipinski definition) is 1. The van der Waals surface area contributed by atoms with E-state index in [4.69, 9.17) is 0 Å². The Bertz CT molecular complexity index is 1360. The number of para-hydroxylation sites is 1. The molecule has 2 aromatic heterocycles. The Labute approximate surface area is 176 Å². The molecule has 0 aliphatic heterocycles. The number of aryl methyl sites for hydroxylation is 2. The van der Waals surface area contributed by atoms with Crippen LogP contribution in [0.15, 0.2) is 70.9 Å². The Balaban J connectivity index is 1.61. The molecule has 1 amide bonds. The second-order valence-corrected chi connectivity index (χ2v) is 6.89. The fourth-order valence-electron chi connectivity index (χ4n) is 3.31. The summed E-state index contributed by atoms with van der Waals surface area (Å²) in [6.45, 7) is 1.67. The van der Waals surface area contributed by atoms with Crippen molar-refractivity contribution in [3.63, 3.8) is 0 Å². The van der Waals surface area contributed by atoms with E-state index in [0.29, 0.717) is 22.3 Å². The number of nitro benzene ring substituents is 1. The minimum absolute atomic E-state index is 0.00984. The second kappa shape index (κ2) is 7.79. The zero-order chi connectivity index (χ0) is 22.1. The van der Waals surface area contributed by atoms with Gasteiger partial charge in [-0.3, -0.25) is 19.9 Å². The fraction of sp³-hybridized carbons (Fsp3) is 0.0909. The number of nitro groups is 1. The molecule has 0 aliphatic carbocycles. The first-order valence-electron chi connectivity index (χ1n) is 9.31. The van der Waals surface area contributed by atoms with Gasteiger partial charge in [-0.05, 0) is 37.3 Å². The van der Waals surface area contributed by atoms with Gasteiger partial charge in [-0.2, -0.15) is 0 Å². The largest absolute Gasteiger partial charge is 0.493 e. The third kappa shape index (κ3) is 3.64. The van der Waals surface area contributed by atoms with Gasteiger partial charge in [0, 0.05) is 30.1 Å². The van der Waals surface area contributed by atoms with Crippen LogP contribution in [0.1, 0.15) is 16.1 Å². The Morgan fingerprint density at radius 3 is 2.48 bits per heavy atom. The van der Waals surface area contributed by atoms with Gasteiger partial charge in [-0.25, -0.2) is 0 Å². The highest BCUT2D eigenvalue weighted by Crippen LogP contribution is 2.37. The molecule has 2 aromatic carbocycles. The van der Waals surface area contributed by atoms with Crippen LogP contribution in [0.3, 0.4) is 0 Å². The van der Waals surface area contributed by atoms with E-state index >= 15 is 0 Å². The summed E-state index contributed by atoms with van der Waals surface area (Å²) in [7, 11) is 1.70. The average molecular weight is 415 g/mol. The lowest BCUT2D eigenvalue weighted by Crippen LogP contribution is -2.01. The Morgan fingerprint density at radius 2 is 1.81 bits per heavy atom. The maximum Gasteiger partial charge on any atom is 0.297 e. The number of carbonyl (C=O) groups excluding carboxylic acids is 1. The smallest absolute Gasteiger partial charge is 0.297 e. The summed E-state index contributed by atoms with van der Waals surface area (Å²) in [6, 6.07) is 16.5. The summed E-state index contributed by atoms with van der Waals surface area (Å²) >= 11 is 0. The van der Waals surface area contributed by atoms with E-state index in [1.165, 1.54) is 12.1 Å². The van der Waals surface area contributed by atoms with Crippen LogP contribution in [-0.2, 0) is 7.05 Å². The van der Waals surface area contributed by atoms with Crippen molar-refractivity contribution in [1.82, 2.24) is 9.55 Å². The van der Waals surface area contributed by atoms with Crippen LogP contribution < -0.4 is 0 Å². The summed E-state index contributed by atoms with van der Waals surface area (Å²) in [4.78, 5) is 27.3. The maximum absolute atomic E-state index is 12.6. The average Bonchev–Trinajstić information content (AvgIpc) is 3.02. The molecule has 0 fully saturated rings. The summed E-state index contributed by atoms with van der Waals surface area (Å²) in [5.74, 6) is -0.673. The van der Waals surface area contributed by atoms with Crippen LogP contribution in [0.2, 0.25) is 0 Å². The molecule has 0 spiro atoms. The van der Waals surface area contributed by atoms with Gasteiger partial charge < -0.3 is 9.67 Å². The van der Waals surface area contributed by atoms with Gasteiger partial charge in [0.05, 0.1) is 27.4 Å². The number of nitrogens with zero attached hydrogens (tertiary/aromatic N) is 5. The van der Waals surface area contributed by atoms with E-state index in [1.807, 2.05) is 18.2 Å². The number of rotatable bonds is 4. The van der Waals surface area contributed by atoms with Crippen molar-refractivity contribution in [3.8, 4) is 17.1 Å². The normalized spacial score (nSPS) is 11.3. The molecule has 0 aliphatic rings. The Morgan fingerprint density at radius 1 is 1.10 bits per heavy atom. The monoisotopic (exact) mass is 415 g/mol. The predicted octanol–water partition coefficient (Wildman–Crippen LogP) is 5.09. The molecule has 4 aromatic rings. The van der Waals surface area contributed by atoms with E-state index in [1.54, 1.807) is 48.9 Å². The molecule has 0 unspecified atom stereocenters. The summed E-state index contributed by atoms with van der Waals surface area (Å²) < 4.78 is 1.57. The first kappa shape index (κ1) is 19.9. The molecular weight excluding hydrogens is 398 g/mol. The topological polar surface area (TPSA) is 123 Å². The van der Waals surface area contributed by atoms with Gasteiger partial charge in [0.25, 0.3) is 11.6 Å². The summed E-state index contributed by atoms with van der Waals surface area (Å²) in [5.41, 5.74) is 2.97. The number of azo groups is 1. The van der Waals surface area contributed by atoms with Crippen molar-refractivity contribution in [1.29, 1.82) is 0 Å². The van der Waals surface area contributed by atoms with Crippen LogP contribution in [0.5, 0.6) is 5.88 Å². The van der Waals surface area contributed by atoms with E-state index in [9.17, 15) is 20.0 Å². The number of fused-ring (bicyclic) bond motifs is 1. The first-order valence-corrected chi connectivity index (χ1v) is 9.31. The van der Waals surface area contributed by atoms with Crippen LogP contribution in [0, 0.1) is 17.0 Å². The minimum Gasteiger partial charge on any atom is -0.493 e. The lowest BCUT2D eigenvalue weighted by Gasteiger charge is -2.05. The standard InChI is InChI=1S/C22H17N5O4/c1-13-16(11-12-18(23-13)14-7-9-15(10-8-14)27(30)31)21(28)25-24-20-17-5-3-4-6-19(17)26(2)22(20)29/h3-12,29H,1-2H3. The first-order chi connectivity index (χ1) is 14.9. The molecule has 154 valence electrons. The predicted molar refractivity (Wildman–Crippen MR) is 114 cm³/mol. The Kier molecular flexibility index (Phi) is 5.00. The third-order valence-electron chi connectivity index (χ3n) is 4.98. The molecule has 0 radical (unpaired) electrons. The molecule has 9 heteroatoms. The SMILES string of the molecule is Cc1nc(-c2ccc([N+](=O)[O-])cc2)ccc1C(=O)N=Nc1c(O)n(C)c2ccccc12. The van der Waals surface area contributed by atoms with Crippen molar-refractivity contribution in [2.75, 3.05) is 0 Å². The van der Waals surface area contributed by atoms with Crippen molar-refractivity contribution >= 4 is 28.2 Å². The number of aromatic nitrogens is 2. The number of pyridine rings is 1. The zero-order valence-corrected chi connectivity index (χ0v) is 16.7. The van der Waals surface area contributed by atoms with Crippen molar-refractivity contribution < 1.29 is 14.8 Å². The molecule has 4 rings (SSSR count). The van der Waals surface area contributed by atoms with Crippen LogP contribution in [0.4, 0.5) is 11.4 Å². The summed E-state index contributed by atoms with van der Waals surface area (Å²) in [6.07, 6.45) is 0. The van der Waals surface area contributed by atoms with E-state index in [2.05, 4.69) is 15.2 Å². The van der Waals surface area contributed by atoms with Crippen molar-refractivity contribution in [2.24, 2.45) is 17.3 Å². The molecule has 0 saturated carbocycles. The van der Waals surface area contributed by atoms with Gasteiger partial charge in [-0.1, -0.05) is 18.2 Å². The second-order valence-electron chi connectivity index (χ2n) is 6.89. The van der Waals surface area contributed by atoms with Crippen LogP contribution in [0.25, 0.3) is 22.2 Å². The quantitative estimate of drug-likeness (QED) is 0.283. The van der Waals surface area contributed by atoms with Crippen LogP contribution >= 0.6 is 0 Å². The van der Waals surface area contributed by atoms with Crippen molar-refractivity contribution in [2.45, 2.75) is 6.92 Å². The van der Waals surface area contributed by atoms with E-state index in [-0.39, 0.29) is 22.8 Å². The van der Waals surface area contributed by atoms with Gasteiger partial charge in [0.2, 0.25) is 5.88 Å². The third-order valence-corrected chi connectivity index (χ3v) is 4.98. The molecule has 1 N–H and O–H groups in total. The highest BCUT2D eigenvalue weighted by Gasteiger charge is 2.16. The number of benzene rings is 2. The van der Waals surface area contributed by atoms with E-state index < -0.39 is 10.8 Å². The maximum atomic E-state index is 12.6. The summed E-state index contributed by atoms with van der Waals surface area (Å²) in [5, 5.41) is 29.6. The number of carbonyl (C=O) groups is 1. The Hall–Kier alpha value is -4.40. The molecule has 9 nitrogen and oxygen atoms in total. The van der Waals surface area contributed by atoms with Gasteiger partial charge in [0.15, 0.2) is 5.69 Å². The number of aromatic hydroxyl groups is 1. The van der Waals surface area contributed by atoms with Gasteiger partial charge in [0.1, 0.15) is 0 Å². The van der Waals surface area contributed by atoms with E-state index in [0.717, 1.165) is 5.52 Å². The number of amides is 1. The molecule has 0 saturated heterocycles. The van der Waals surface area contributed by atoms with Gasteiger partial charge >= 0.3 is 0 Å². The molecule has 2 heterocycles. The molecular formula is C22H17N5O4.